The molecular weight excluding hydrogens is 417 g/mol. The Bertz CT molecular complexity index is 697. The van der Waals surface area contributed by atoms with Crippen LogP contribution in [0, 0.1) is 11.7 Å². The van der Waals surface area contributed by atoms with E-state index in [0.717, 1.165) is 38.4 Å². The number of rotatable bonds is 6. The van der Waals surface area contributed by atoms with Gasteiger partial charge in [-0.3, -0.25) is 14.4 Å². The topological polar surface area (TPSA) is 119 Å². The lowest BCUT2D eigenvalue weighted by molar-refractivity contribution is -0.127. The lowest BCUT2D eigenvalue weighted by Crippen LogP contribution is -2.59. The second-order valence-electron chi connectivity index (χ2n) is 8.51. The number of amides is 1. The van der Waals surface area contributed by atoms with Crippen molar-refractivity contribution >= 4 is 24.5 Å². The van der Waals surface area contributed by atoms with E-state index >= 15 is 0 Å². The Morgan fingerprint density at radius 2 is 1.75 bits per heavy atom. The van der Waals surface area contributed by atoms with E-state index in [4.69, 9.17) is 19.8 Å². The number of nitrogens with zero attached hydrogens (tertiary/aromatic N) is 1. The van der Waals surface area contributed by atoms with Crippen molar-refractivity contribution < 1.29 is 29.0 Å². The quantitative estimate of drug-likeness (QED) is 0.489. The van der Waals surface area contributed by atoms with Crippen LogP contribution in [0.3, 0.4) is 0 Å². The van der Waals surface area contributed by atoms with Gasteiger partial charge in [0.05, 0.1) is 0 Å². The zero-order valence-corrected chi connectivity index (χ0v) is 18.9. The van der Waals surface area contributed by atoms with Crippen molar-refractivity contribution in [1.82, 2.24) is 10.2 Å². The second kappa shape index (κ2) is 14.4. The SMILES string of the molecule is CC(C)NC(=O)C1(Nc2cccc(F)c2)CCN(CC2CCCC2)CC1.O=CO.O=CO. The van der Waals surface area contributed by atoms with Gasteiger partial charge in [-0.25, -0.2) is 4.39 Å². The van der Waals surface area contributed by atoms with E-state index in [0.29, 0.717) is 5.69 Å². The molecule has 32 heavy (non-hydrogen) atoms. The first-order chi connectivity index (χ1) is 15.3. The Labute approximate surface area is 189 Å². The molecule has 1 saturated carbocycles. The molecule has 0 spiro atoms. The van der Waals surface area contributed by atoms with E-state index in [1.165, 1.54) is 37.8 Å². The second-order valence-corrected chi connectivity index (χ2v) is 8.51. The molecule has 4 N–H and O–H groups in total. The molecule has 2 fully saturated rings. The van der Waals surface area contributed by atoms with Crippen molar-refractivity contribution in [3.05, 3.63) is 30.1 Å². The van der Waals surface area contributed by atoms with E-state index in [9.17, 15) is 9.18 Å². The minimum absolute atomic E-state index is 0.0253. The summed E-state index contributed by atoms with van der Waals surface area (Å²) in [5.74, 6) is 0.563. The summed E-state index contributed by atoms with van der Waals surface area (Å²) in [6.07, 6.45) is 6.90. The molecule has 0 radical (unpaired) electrons. The molecule has 1 aliphatic carbocycles. The van der Waals surface area contributed by atoms with Gasteiger partial charge in [0.15, 0.2) is 0 Å². The van der Waals surface area contributed by atoms with Gasteiger partial charge in [-0.2, -0.15) is 0 Å². The molecule has 0 atom stereocenters. The Balaban J connectivity index is 0.000000769. The molecule has 180 valence electrons. The van der Waals surface area contributed by atoms with Crippen LogP contribution in [-0.2, 0) is 14.4 Å². The molecule has 0 aromatic heterocycles. The van der Waals surface area contributed by atoms with E-state index in [1.807, 2.05) is 19.9 Å². The van der Waals surface area contributed by atoms with Crippen LogP contribution in [0.5, 0.6) is 0 Å². The number of hydrogen-bond donors (Lipinski definition) is 4. The zero-order valence-electron chi connectivity index (χ0n) is 18.9. The minimum atomic E-state index is -0.662. The fourth-order valence-corrected chi connectivity index (χ4v) is 4.33. The van der Waals surface area contributed by atoms with E-state index in [1.54, 1.807) is 6.07 Å². The summed E-state index contributed by atoms with van der Waals surface area (Å²) >= 11 is 0. The third-order valence-corrected chi connectivity index (χ3v) is 5.76. The standard InChI is InChI=1S/C21H32FN3O.2CH2O2/c1-16(2)23-20(26)21(24-19-9-5-8-18(22)14-19)10-12-25(13-11-21)15-17-6-3-4-7-17;2*2-1-3/h5,8-9,14,16-17,24H,3-4,6-7,10-13,15H2,1-2H3,(H,23,26);2*1H,(H,2,3). The highest BCUT2D eigenvalue weighted by molar-refractivity contribution is 5.89. The first-order valence-corrected chi connectivity index (χ1v) is 11.0. The summed E-state index contributed by atoms with van der Waals surface area (Å²) in [4.78, 5) is 32.2. The Hall–Kier alpha value is -2.68. The highest BCUT2D eigenvalue weighted by Gasteiger charge is 2.42. The minimum Gasteiger partial charge on any atom is -0.483 e. The van der Waals surface area contributed by atoms with E-state index < -0.39 is 5.54 Å². The fraction of sp³-hybridized carbons (Fsp3) is 0.609. The normalized spacial score (nSPS) is 17.9. The Morgan fingerprint density at radius 1 is 1.19 bits per heavy atom. The molecule has 1 aromatic rings. The molecule has 3 rings (SSSR count). The number of carbonyl (C=O) groups excluding carboxylic acids is 1. The number of halogens is 1. The van der Waals surface area contributed by atoms with Crippen LogP contribution < -0.4 is 10.6 Å². The molecule has 1 aliphatic heterocycles. The lowest BCUT2D eigenvalue weighted by Gasteiger charge is -2.42. The van der Waals surface area contributed by atoms with Crippen LogP contribution in [0.25, 0.3) is 0 Å². The van der Waals surface area contributed by atoms with Crippen LogP contribution in [0.2, 0.25) is 0 Å². The van der Waals surface area contributed by atoms with Crippen molar-refractivity contribution in [3.8, 4) is 0 Å². The third-order valence-electron chi connectivity index (χ3n) is 5.76. The number of benzene rings is 1. The molecule has 2 aliphatic rings. The molecule has 1 saturated heterocycles. The summed E-state index contributed by atoms with van der Waals surface area (Å²) in [5, 5.41) is 20.2. The van der Waals surface area contributed by atoms with Gasteiger partial charge in [0.1, 0.15) is 11.4 Å². The third kappa shape index (κ3) is 9.21. The molecule has 1 heterocycles. The van der Waals surface area contributed by atoms with Gasteiger partial charge in [0.25, 0.3) is 12.9 Å². The van der Waals surface area contributed by atoms with Crippen molar-refractivity contribution in [1.29, 1.82) is 0 Å². The average molecular weight is 454 g/mol. The lowest BCUT2D eigenvalue weighted by atomic mass is 9.85. The maximum atomic E-state index is 13.6. The van der Waals surface area contributed by atoms with Gasteiger partial charge in [-0.05, 0) is 63.6 Å². The summed E-state index contributed by atoms with van der Waals surface area (Å²) in [6, 6.07) is 6.50. The highest BCUT2D eigenvalue weighted by Crippen LogP contribution is 2.31. The highest BCUT2D eigenvalue weighted by atomic mass is 19.1. The number of anilines is 1. The van der Waals surface area contributed by atoms with E-state index in [2.05, 4.69) is 15.5 Å². The Morgan fingerprint density at radius 3 is 2.25 bits per heavy atom. The van der Waals surface area contributed by atoms with Crippen LogP contribution in [0.1, 0.15) is 52.4 Å². The predicted octanol–water partition coefficient (Wildman–Crippen LogP) is 3.19. The average Bonchev–Trinajstić information content (AvgIpc) is 3.23. The largest absolute Gasteiger partial charge is 0.483 e. The van der Waals surface area contributed by atoms with Gasteiger partial charge in [0.2, 0.25) is 5.91 Å². The molecule has 1 aromatic carbocycles. The molecule has 8 nitrogen and oxygen atoms in total. The van der Waals surface area contributed by atoms with Crippen LogP contribution in [0.15, 0.2) is 24.3 Å². The van der Waals surface area contributed by atoms with Crippen molar-refractivity contribution in [2.75, 3.05) is 25.0 Å². The first kappa shape index (κ1) is 27.4. The zero-order chi connectivity index (χ0) is 24.0. The van der Waals surface area contributed by atoms with Crippen molar-refractivity contribution in [2.45, 2.75) is 64.0 Å². The number of hydrogen-bond acceptors (Lipinski definition) is 5. The van der Waals surface area contributed by atoms with Gasteiger partial charge in [-0.15, -0.1) is 0 Å². The van der Waals surface area contributed by atoms with Gasteiger partial charge >= 0.3 is 0 Å². The van der Waals surface area contributed by atoms with Crippen LogP contribution in [0.4, 0.5) is 10.1 Å². The molecule has 0 bridgehead atoms. The van der Waals surface area contributed by atoms with E-state index in [-0.39, 0.29) is 30.7 Å². The number of likely N-dealkylation sites (tertiary alicyclic amines) is 1. The molecule has 9 heteroatoms. The number of carbonyl (C=O) groups is 3. The Kier molecular flexibility index (Phi) is 12.3. The van der Waals surface area contributed by atoms with Crippen molar-refractivity contribution in [2.24, 2.45) is 5.92 Å². The molecular formula is C23H36FN3O5. The monoisotopic (exact) mass is 453 g/mol. The summed E-state index contributed by atoms with van der Waals surface area (Å²) in [6.45, 7) is 6.42. The summed E-state index contributed by atoms with van der Waals surface area (Å²) in [7, 11) is 0. The number of piperidine rings is 1. The maximum Gasteiger partial charge on any atom is 0.290 e. The van der Waals surface area contributed by atoms with Gasteiger partial charge in [-0.1, -0.05) is 18.9 Å². The van der Waals surface area contributed by atoms with Crippen LogP contribution >= 0.6 is 0 Å². The fourth-order valence-electron chi connectivity index (χ4n) is 4.33. The first-order valence-electron chi connectivity index (χ1n) is 11.0. The van der Waals surface area contributed by atoms with Crippen molar-refractivity contribution in [3.63, 3.8) is 0 Å². The maximum absolute atomic E-state index is 13.6. The predicted molar refractivity (Wildman–Crippen MR) is 121 cm³/mol. The number of nitrogens with one attached hydrogen (secondary N) is 2. The smallest absolute Gasteiger partial charge is 0.290 e. The number of carboxylic acid groups (broad SMARTS) is 2. The summed E-state index contributed by atoms with van der Waals surface area (Å²) < 4.78 is 13.6. The molecule has 1 amide bonds. The van der Waals surface area contributed by atoms with Gasteiger partial charge < -0.3 is 25.7 Å². The summed E-state index contributed by atoms with van der Waals surface area (Å²) in [5.41, 5.74) is 0.0118. The van der Waals surface area contributed by atoms with Crippen LogP contribution in [-0.4, -0.2) is 65.2 Å². The van der Waals surface area contributed by atoms with Gasteiger partial charge in [0, 0.05) is 31.4 Å². The molecule has 0 unspecified atom stereocenters.